The van der Waals surface area contributed by atoms with Gasteiger partial charge in [-0.05, 0) is 82.1 Å². The van der Waals surface area contributed by atoms with Crippen molar-refractivity contribution in [1.82, 2.24) is 4.90 Å². The minimum Gasteiger partial charge on any atom is -0.300 e. The molecule has 0 amide bonds. The molecule has 2 saturated carbocycles. The maximum Gasteiger partial charge on any atom is 0.0129 e. The van der Waals surface area contributed by atoms with Gasteiger partial charge in [-0.3, -0.25) is 4.90 Å². The van der Waals surface area contributed by atoms with E-state index >= 15 is 0 Å². The van der Waals surface area contributed by atoms with E-state index in [1.807, 2.05) is 0 Å². The molecule has 0 aromatic rings. The summed E-state index contributed by atoms with van der Waals surface area (Å²) in [6, 6.07) is 1.72. The molecular weight excluding hydrogens is 266 g/mol. The van der Waals surface area contributed by atoms with Crippen molar-refractivity contribution >= 4 is 0 Å². The minimum atomic E-state index is 0.860. The zero-order valence-corrected chi connectivity index (χ0v) is 14.3. The lowest BCUT2D eigenvalue weighted by Crippen LogP contribution is -2.53. The van der Waals surface area contributed by atoms with Crippen LogP contribution in [0.25, 0.3) is 0 Å². The van der Waals surface area contributed by atoms with E-state index in [1.54, 1.807) is 0 Å². The summed E-state index contributed by atoms with van der Waals surface area (Å²) in [4.78, 5) is 2.88. The molecule has 2 fully saturated rings. The summed E-state index contributed by atoms with van der Waals surface area (Å²) in [6.45, 7) is 0. The Bertz CT molecular complexity index is 397. The first-order valence-electron chi connectivity index (χ1n) is 9.86. The molecule has 0 aromatic heterocycles. The van der Waals surface area contributed by atoms with E-state index in [0.717, 1.165) is 35.8 Å². The molecule has 22 heavy (non-hydrogen) atoms. The number of hydrogen-bond acceptors (Lipinski definition) is 1. The Balaban J connectivity index is 1.51. The molecule has 1 heteroatoms. The van der Waals surface area contributed by atoms with Crippen LogP contribution in [0.5, 0.6) is 0 Å². The highest BCUT2D eigenvalue weighted by Crippen LogP contribution is 2.45. The smallest absolute Gasteiger partial charge is 0.0129 e. The van der Waals surface area contributed by atoms with Crippen LogP contribution in [0.2, 0.25) is 0 Å². The highest BCUT2D eigenvalue weighted by atomic mass is 15.2. The number of rotatable bonds is 2. The Morgan fingerprint density at radius 2 is 1.09 bits per heavy atom. The fraction of sp³-hybridized carbons (Fsp3) is 0.810. The molecule has 0 spiro atoms. The average molecular weight is 300 g/mol. The predicted molar refractivity (Wildman–Crippen MR) is 93.7 cm³/mol. The van der Waals surface area contributed by atoms with Gasteiger partial charge in [0.2, 0.25) is 0 Å². The Hall–Kier alpha value is -0.560. The van der Waals surface area contributed by atoms with Gasteiger partial charge in [-0.1, -0.05) is 37.1 Å². The Kier molecular flexibility index (Phi) is 4.44. The van der Waals surface area contributed by atoms with E-state index in [4.69, 9.17) is 0 Å². The second-order valence-electron chi connectivity index (χ2n) is 8.40. The summed E-state index contributed by atoms with van der Waals surface area (Å²) in [7, 11) is 2.48. The average Bonchev–Trinajstić information content (AvgIpc) is 2.60. The lowest BCUT2D eigenvalue weighted by Gasteiger charge is -2.51. The molecule has 0 heterocycles. The van der Waals surface area contributed by atoms with Crippen molar-refractivity contribution < 1.29 is 0 Å². The number of allylic oxidation sites excluding steroid dienone is 4. The van der Waals surface area contributed by atoms with Crippen LogP contribution < -0.4 is 0 Å². The first-order chi connectivity index (χ1) is 10.8. The van der Waals surface area contributed by atoms with Crippen molar-refractivity contribution in [2.75, 3.05) is 7.05 Å². The fourth-order valence-electron chi connectivity index (χ4n) is 6.25. The molecule has 4 aliphatic rings. The summed E-state index contributed by atoms with van der Waals surface area (Å²) in [5.74, 6) is 3.86. The van der Waals surface area contributed by atoms with E-state index in [1.165, 1.54) is 64.2 Å². The molecule has 0 saturated heterocycles. The molecule has 4 rings (SSSR count). The maximum absolute atomic E-state index is 2.88. The normalized spacial score (nSPS) is 44.6. The van der Waals surface area contributed by atoms with Crippen LogP contribution in [0.1, 0.15) is 64.2 Å². The fourth-order valence-corrected chi connectivity index (χ4v) is 6.25. The van der Waals surface area contributed by atoms with Gasteiger partial charge in [0, 0.05) is 12.1 Å². The Morgan fingerprint density at radius 3 is 1.59 bits per heavy atom. The minimum absolute atomic E-state index is 0.860. The van der Waals surface area contributed by atoms with Gasteiger partial charge in [-0.2, -0.15) is 0 Å². The van der Waals surface area contributed by atoms with Gasteiger partial charge in [0.1, 0.15) is 0 Å². The van der Waals surface area contributed by atoms with Gasteiger partial charge in [0.25, 0.3) is 0 Å². The van der Waals surface area contributed by atoms with Crippen molar-refractivity contribution in [3.8, 4) is 0 Å². The van der Waals surface area contributed by atoms with Gasteiger partial charge < -0.3 is 0 Å². The number of hydrogen-bond donors (Lipinski definition) is 0. The molecule has 0 aliphatic heterocycles. The largest absolute Gasteiger partial charge is 0.300 e. The molecule has 0 bridgehead atoms. The van der Waals surface area contributed by atoms with E-state index in [2.05, 4.69) is 36.3 Å². The molecule has 0 aromatic carbocycles. The summed E-state index contributed by atoms with van der Waals surface area (Å²) in [6.07, 6.45) is 24.1. The summed E-state index contributed by atoms with van der Waals surface area (Å²) < 4.78 is 0. The van der Waals surface area contributed by atoms with Crippen LogP contribution in [0, 0.1) is 23.7 Å². The molecule has 1 nitrogen and oxygen atoms in total. The molecule has 6 unspecified atom stereocenters. The van der Waals surface area contributed by atoms with Gasteiger partial charge in [-0.15, -0.1) is 0 Å². The van der Waals surface area contributed by atoms with E-state index < -0.39 is 0 Å². The van der Waals surface area contributed by atoms with Crippen molar-refractivity contribution in [2.45, 2.75) is 76.3 Å². The third kappa shape index (κ3) is 2.70. The lowest BCUT2D eigenvalue weighted by molar-refractivity contribution is 0.00126. The molecule has 6 atom stereocenters. The quantitative estimate of drug-likeness (QED) is 0.634. The third-order valence-electron chi connectivity index (χ3n) is 7.42. The highest BCUT2D eigenvalue weighted by Gasteiger charge is 2.41. The summed E-state index contributed by atoms with van der Waals surface area (Å²) in [5.41, 5.74) is 0. The zero-order chi connectivity index (χ0) is 14.9. The summed E-state index contributed by atoms with van der Waals surface area (Å²) >= 11 is 0. The van der Waals surface area contributed by atoms with E-state index in [-0.39, 0.29) is 0 Å². The highest BCUT2D eigenvalue weighted by molar-refractivity contribution is 5.04. The van der Waals surface area contributed by atoms with Gasteiger partial charge in [0.15, 0.2) is 0 Å². The second-order valence-corrected chi connectivity index (χ2v) is 8.40. The van der Waals surface area contributed by atoms with Gasteiger partial charge in [0.05, 0.1) is 0 Å². The third-order valence-corrected chi connectivity index (χ3v) is 7.42. The summed E-state index contributed by atoms with van der Waals surface area (Å²) in [5, 5.41) is 0. The number of nitrogens with zero attached hydrogens (tertiary/aromatic N) is 1. The molecule has 0 radical (unpaired) electrons. The van der Waals surface area contributed by atoms with Crippen molar-refractivity contribution in [2.24, 2.45) is 23.7 Å². The van der Waals surface area contributed by atoms with E-state index in [0.29, 0.717) is 0 Å². The zero-order valence-electron chi connectivity index (χ0n) is 14.3. The van der Waals surface area contributed by atoms with Crippen LogP contribution in [-0.2, 0) is 0 Å². The van der Waals surface area contributed by atoms with Crippen LogP contribution >= 0.6 is 0 Å². The van der Waals surface area contributed by atoms with Crippen LogP contribution in [0.15, 0.2) is 24.3 Å². The molecule has 0 N–H and O–H groups in total. The van der Waals surface area contributed by atoms with Crippen molar-refractivity contribution in [3.63, 3.8) is 0 Å². The Labute approximate surface area is 136 Å². The van der Waals surface area contributed by atoms with Crippen molar-refractivity contribution in [1.29, 1.82) is 0 Å². The standard InChI is InChI=1S/C21H33N/c1-22(20-14-6-10-16-8-2-4-12-18(16)20)21-15-7-11-17-9-3-5-13-19(17)21/h2-5,16-21H,6-15H2,1H3. The van der Waals surface area contributed by atoms with E-state index in [9.17, 15) is 0 Å². The molecular formula is C21H33N. The first-order valence-corrected chi connectivity index (χ1v) is 9.86. The first kappa shape index (κ1) is 15.0. The molecule has 4 aliphatic carbocycles. The van der Waals surface area contributed by atoms with Crippen LogP contribution in [0.4, 0.5) is 0 Å². The molecule has 122 valence electrons. The Morgan fingerprint density at radius 1 is 0.636 bits per heavy atom. The number of fused-ring (bicyclic) bond motifs is 2. The van der Waals surface area contributed by atoms with Gasteiger partial charge >= 0.3 is 0 Å². The lowest BCUT2D eigenvalue weighted by atomic mass is 9.67. The van der Waals surface area contributed by atoms with Crippen LogP contribution in [-0.4, -0.2) is 24.0 Å². The maximum atomic E-state index is 2.88. The van der Waals surface area contributed by atoms with Crippen LogP contribution in [0.3, 0.4) is 0 Å². The van der Waals surface area contributed by atoms with Crippen molar-refractivity contribution in [3.05, 3.63) is 24.3 Å². The SMILES string of the molecule is CN(C1CCCC2CC=CCC21)C1CCCC2CC=CCC21. The van der Waals surface area contributed by atoms with Gasteiger partial charge in [-0.25, -0.2) is 0 Å². The topological polar surface area (TPSA) is 3.24 Å². The second kappa shape index (κ2) is 6.51. The monoisotopic (exact) mass is 299 g/mol. The predicted octanol–water partition coefficient (Wildman–Crippen LogP) is 5.19.